The number of benzene rings is 2. The largest absolute Gasteiger partial charge is 0.388 e. The van der Waals surface area contributed by atoms with Crippen LogP contribution in [0, 0.1) is 0 Å². The Morgan fingerprint density at radius 2 is 1.71 bits per heavy atom. The third kappa shape index (κ3) is 3.32. The third-order valence-corrected chi connectivity index (χ3v) is 3.52. The van der Waals surface area contributed by atoms with Gasteiger partial charge < -0.3 is 5.11 Å². The van der Waals surface area contributed by atoms with E-state index in [0.717, 1.165) is 15.6 Å². The van der Waals surface area contributed by atoms with Crippen molar-refractivity contribution in [2.45, 2.75) is 12.5 Å². The Balaban J connectivity index is 2.14. The van der Waals surface area contributed by atoms with Gasteiger partial charge in [0, 0.05) is 15.9 Å². The molecule has 0 aromatic heterocycles. The van der Waals surface area contributed by atoms with Gasteiger partial charge in [0.05, 0.1) is 6.10 Å². The first-order chi connectivity index (χ1) is 8.16. The van der Waals surface area contributed by atoms with Crippen LogP contribution in [-0.4, -0.2) is 5.11 Å². The molecule has 0 radical (unpaired) electrons. The molecule has 0 aliphatic heterocycles. The average Bonchev–Trinajstić information content (AvgIpc) is 2.33. The Morgan fingerprint density at radius 1 is 1.06 bits per heavy atom. The van der Waals surface area contributed by atoms with E-state index >= 15 is 0 Å². The molecular weight excluding hydrogens is 300 g/mol. The molecule has 17 heavy (non-hydrogen) atoms. The van der Waals surface area contributed by atoms with E-state index in [-0.39, 0.29) is 0 Å². The molecule has 1 unspecified atom stereocenters. The fourth-order valence-electron chi connectivity index (χ4n) is 1.68. The van der Waals surface area contributed by atoms with Gasteiger partial charge in [-0.05, 0) is 29.3 Å². The van der Waals surface area contributed by atoms with Gasteiger partial charge >= 0.3 is 0 Å². The van der Waals surface area contributed by atoms with Crippen molar-refractivity contribution in [2.24, 2.45) is 0 Å². The maximum Gasteiger partial charge on any atom is 0.0830 e. The molecule has 0 heterocycles. The second-order valence-electron chi connectivity index (χ2n) is 3.86. The highest BCUT2D eigenvalue weighted by atomic mass is 79.9. The van der Waals surface area contributed by atoms with Crippen LogP contribution in [0.15, 0.2) is 53.0 Å². The number of halogens is 2. The van der Waals surface area contributed by atoms with Gasteiger partial charge in [0.2, 0.25) is 0 Å². The highest BCUT2D eigenvalue weighted by Crippen LogP contribution is 2.24. The summed E-state index contributed by atoms with van der Waals surface area (Å²) in [6.07, 6.45) is 0.00407. The Morgan fingerprint density at radius 3 is 2.35 bits per heavy atom. The first-order valence-electron chi connectivity index (χ1n) is 5.34. The van der Waals surface area contributed by atoms with Crippen molar-refractivity contribution in [1.82, 2.24) is 0 Å². The van der Waals surface area contributed by atoms with Gasteiger partial charge in [-0.1, -0.05) is 57.9 Å². The fourth-order valence-corrected chi connectivity index (χ4v) is 2.15. The summed E-state index contributed by atoms with van der Waals surface area (Å²) in [5, 5.41) is 10.8. The number of hydrogen-bond donors (Lipinski definition) is 1. The molecule has 88 valence electrons. The predicted molar refractivity (Wildman–Crippen MR) is 74.3 cm³/mol. The summed E-state index contributed by atoms with van der Waals surface area (Å²) in [6, 6.07) is 15.2. The summed E-state index contributed by atoms with van der Waals surface area (Å²) < 4.78 is 1.01. The topological polar surface area (TPSA) is 20.2 Å². The van der Waals surface area contributed by atoms with E-state index in [1.165, 1.54) is 0 Å². The van der Waals surface area contributed by atoms with Gasteiger partial charge in [0.15, 0.2) is 0 Å². The number of rotatable bonds is 3. The summed E-state index contributed by atoms with van der Waals surface area (Å²) in [5.41, 5.74) is 1.86. The minimum atomic E-state index is -0.525. The van der Waals surface area contributed by atoms with E-state index in [9.17, 15) is 5.11 Å². The molecule has 2 rings (SSSR count). The molecule has 0 amide bonds. The zero-order valence-corrected chi connectivity index (χ0v) is 11.4. The fraction of sp³-hybridized carbons (Fsp3) is 0.143. The minimum absolute atomic E-state index is 0.525. The molecule has 1 atom stereocenters. The third-order valence-electron chi connectivity index (χ3n) is 2.63. The van der Waals surface area contributed by atoms with Gasteiger partial charge in [0.25, 0.3) is 0 Å². The molecule has 3 heteroatoms. The van der Waals surface area contributed by atoms with Crippen LogP contribution < -0.4 is 0 Å². The van der Waals surface area contributed by atoms with Crippen LogP contribution in [-0.2, 0) is 6.42 Å². The molecule has 1 N–H and O–H groups in total. The SMILES string of the molecule is OC(Cc1ccccc1Cl)c1ccc(Br)cc1. The maximum absolute atomic E-state index is 10.1. The molecule has 0 aliphatic rings. The van der Waals surface area contributed by atoms with Crippen LogP contribution in [0.4, 0.5) is 0 Å². The summed E-state index contributed by atoms with van der Waals surface area (Å²) in [7, 11) is 0. The van der Waals surface area contributed by atoms with Gasteiger partial charge in [-0.2, -0.15) is 0 Å². The molecule has 0 saturated heterocycles. The first-order valence-corrected chi connectivity index (χ1v) is 6.51. The van der Waals surface area contributed by atoms with Gasteiger partial charge in [0.1, 0.15) is 0 Å². The lowest BCUT2D eigenvalue weighted by Gasteiger charge is -2.12. The summed E-state index contributed by atoms with van der Waals surface area (Å²) in [6.45, 7) is 0. The lowest BCUT2D eigenvalue weighted by Crippen LogP contribution is -2.02. The average molecular weight is 312 g/mol. The Kier molecular flexibility index (Phi) is 4.21. The van der Waals surface area contributed by atoms with E-state index in [0.29, 0.717) is 11.4 Å². The molecule has 2 aromatic carbocycles. The van der Waals surface area contributed by atoms with Crippen molar-refractivity contribution in [2.75, 3.05) is 0 Å². The van der Waals surface area contributed by atoms with Crippen LogP contribution in [0.3, 0.4) is 0 Å². The van der Waals surface area contributed by atoms with Gasteiger partial charge in [-0.3, -0.25) is 0 Å². The zero-order chi connectivity index (χ0) is 12.3. The monoisotopic (exact) mass is 310 g/mol. The van der Waals surface area contributed by atoms with Crippen LogP contribution in [0.1, 0.15) is 17.2 Å². The lowest BCUT2D eigenvalue weighted by molar-refractivity contribution is 0.178. The lowest BCUT2D eigenvalue weighted by atomic mass is 10.0. The molecule has 0 aliphatic carbocycles. The van der Waals surface area contributed by atoms with Crippen molar-refractivity contribution in [3.05, 3.63) is 69.2 Å². The van der Waals surface area contributed by atoms with Crippen molar-refractivity contribution in [3.8, 4) is 0 Å². The van der Waals surface area contributed by atoms with Crippen molar-refractivity contribution in [3.63, 3.8) is 0 Å². The first kappa shape index (κ1) is 12.6. The molecule has 1 nitrogen and oxygen atoms in total. The van der Waals surface area contributed by atoms with E-state index in [4.69, 9.17) is 11.6 Å². The van der Waals surface area contributed by atoms with E-state index in [2.05, 4.69) is 15.9 Å². The summed E-state index contributed by atoms with van der Waals surface area (Å²) in [5.74, 6) is 0. The standard InChI is InChI=1S/C14H12BrClO/c15-12-7-5-10(6-8-12)14(17)9-11-3-1-2-4-13(11)16/h1-8,14,17H,9H2. The normalized spacial score (nSPS) is 12.4. The Hall–Kier alpha value is -0.830. The number of aliphatic hydroxyl groups is 1. The zero-order valence-electron chi connectivity index (χ0n) is 9.11. The van der Waals surface area contributed by atoms with E-state index in [1.54, 1.807) is 0 Å². The quantitative estimate of drug-likeness (QED) is 0.892. The Labute approximate surface area is 114 Å². The second-order valence-corrected chi connectivity index (χ2v) is 5.19. The predicted octanol–water partition coefficient (Wildman–Crippen LogP) is 4.38. The van der Waals surface area contributed by atoms with Crippen LogP contribution in [0.2, 0.25) is 5.02 Å². The van der Waals surface area contributed by atoms with Crippen LogP contribution in [0.25, 0.3) is 0 Å². The molecular formula is C14H12BrClO. The molecule has 0 saturated carbocycles. The molecule has 0 bridgehead atoms. The van der Waals surface area contributed by atoms with Gasteiger partial charge in [-0.25, -0.2) is 0 Å². The van der Waals surface area contributed by atoms with Gasteiger partial charge in [-0.15, -0.1) is 0 Å². The highest BCUT2D eigenvalue weighted by Gasteiger charge is 2.10. The van der Waals surface area contributed by atoms with Crippen LogP contribution >= 0.6 is 27.5 Å². The summed E-state index contributed by atoms with van der Waals surface area (Å²) in [4.78, 5) is 0. The molecule has 2 aromatic rings. The van der Waals surface area contributed by atoms with Crippen molar-refractivity contribution >= 4 is 27.5 Å². The van der Waals surface area contributed by atoms with E-state index < -0.39 is 6.10 Å². The smallest absolute Gasteiger partial charge is 0.0830 e. The van der Waals surface area contributed by atoms with Crippen molar-refractivity contribution < 1.29 is 5.11 Å². The Bertz CT molecular complexity index is 496. The number of hydrogen-bond acceptors (Lipinski definition) is 1. The number of aliphatic hydroxyl groups excluding tert-OH is 1. The highest BCUT2D eigenvalue weighted by molar-refractivity contribution is 9.10. The molecule has 0 spiro atoms. The van der Waals surface area contributed by atoms with E-state index in [1.807, 2.05) is 48.5 Å². The second kappa shape index (κ2) is 5.67. The maximum atomic E-state index is 10.1. The summed E-state index contributed by atoms with van der Waals surface area (Å²) >= 11 is 9.43. The molecule has 0 fully saturated rings. The van der Waals surface area contributed by atoms with Crippen molar-refractivity contribution in [1.29, 1.82) is 0 Å². The minimum Gasteiger partial charge on any atom is -0.388 e. The van der Waals surface area contributed by atoms with Crippen LogP contribution in [0.5, 0.6) is 0 Å².